The number of aryl methyl sites for hydroxylation is 3. The summed E-state index contributed by atoms with van der Waals surface area (Å²) in [6.45, 7) is 9.26. The van der Waals surface area contributed by atoms with E-state index in [0.717, 1.165) is 43.3 Å². The van der Waals surface area contributed by atoms with Crippen LogP contribution in [0.3, 0.4) is 0 Å². The number of nitrogens with zero attached hydrogens (tertiary/aromatic N) is 4. The molecule has 0 unspecified atom stereocenters. The van der Waals surface area contributed by atoms with Gasteiger partial charge < -0.3 is 0 Å². The fourth-order valence-corrected chi connectivity index (χ4v) is 3.02. The number of rotatable bonds is 3. The smallest absolute Gasteiger partial charge is 0.133 e. The summed E-state index contributed by atoms with van der Waals surface area (Å²) in [6.07, 6.45) is 3.01. The van der Waals surface area contributed by atoms with Crippen LogP contribution in [0.25, 0.3) is 0 Å². The molecule has 1 aliphatic heterocycles. The zero-order valence-electron chi connectivity index (χ0n) is 13.0. The first-order valence-corrected chi connectivity index (χ1v) is 7.57. The lowest BCUT2D eigenvalue weighted by molar-refractivity contribution is 0.321. The van der Waals surface area contributed by atoms with Gasteiger partial charge in [-0.15, -0.1) is 0 Å². The summed E-state index contributed by atoms with van der Waals surface area (Å²) in [5.74, 6) is 1.46. The summed E-state index contributed by atoms with van der Waals surface area (Å²) in [6, 6.07) is 6.16. The Hall–Kier alpha value is -1.81. The van der Waals surface area contributed by atoms with Crippen molar-refractivity contribution < 1.29 is 0 Å². The number of hydrogen-bond acceptors (Lipinski definition) is 4. The summed E-state index contributed by atoms with van der Waals surface area (Å²) in [7, 11) is 0. The molecule has 2 aromatic heterocycles. The zero-order valence-corrected chi connectivity index (χ0v) is 13.0. The molecular formula is C17H22N4. The molecule has 0 N–H and O–H groups in total. The first-order chi connectivity index (χ1) is 10.1. The molecule has 3 heterocycles. The lowest BCUT2D eigenvalue weighted by Gasteiger charge is -2.16. The highest BCUT2D eigenvalue weighted by molar-refractivity contribution is 5.18. The summed E-state index contributed by atoms with van der Waals surface area (Å²) in [5.41, 5.74) is 4.58. The number of aromatic nitrogens is 3. The average Bonchev–Trinajstić information content (AvgIpc) is 2.89. The van der Waals surface area contributed by atoms with Gasteiger partial charge in [-0.25, -0.2) is 9.97 Å². The average molecular weight is 282 g/mol. The van der Waals surface area contributed by atoms with Crippen LogP contribution in [0.5, 0.6) is 0 Å². The maximum absolute atomic E-state index is 4.62. The minimum atomic E-state index is 0.451. The Balaban J connectivity index is 1.69. The highest BCUT2D eigenvalue weighted by Gasteiger charge is 2.26. The molecule has 3 rings (SSSR count). The van der Waals surface area contributed by atoms with Gasteiger partial charge in [0.1, 0.15) is 5.82 Å². The Morgan fingerprint density at radius 3 is 2.67 bits per heavy atom. The first-order valence-electron chi connectivity index (χ1n) is 7.57. The second kappa shape index (κ2) is 5.90. The maximum atomic E-state index is 4.62. The van der Waals surface area contributed by atoms with Crippen molar-refractivity contribution in [1.29, 1.82) is 0 Å². The van der Waals surface area contributed by atoms with Crippen LogP contribution in [-0.2, 0) is 6.54 Å². The predicted molar refractivity (Wildman–Crippen MR) is 83.1 cm³/mol. The number of hydrogen-bond donors (Lipinski definition) is 0. The van der Waals surface area contributed by atoms with Crippen LogP contribution in [0.1, 0.15) is 40.8 Å². The van der Waals surface area contributed by atoms with Crippen LogP contribution >= 0.6 is 0 Å². The van der Waals surface area contributed by atoms with E-state index in [4.69, 9.17) is 0 Å². The molecule has 0 radical (unpaired) electrons. The fraction of sp³-hybridized carbons (Fsp3) is 0.471. The maximum Gasteiger partial charge on any atom is 0.133 e. The Labute approximate surface area is 126 Å². The van der Waals surface area contributed by atoms with Gasteiger partial charge in [-0.1, -0.05) is 6.07 Å². The largest absolute Gasteiger partial charge is 0.297 e. The third-order valence-corrected chi connectivity index (χ3v) is 4.13. The minimum Gasteiger partial charge on any atom is -0.297 e. The lowest BCUT2D eigenvalue weighted by atomic mass is 10.1. The second-order valence-corrected chi connectivity index (χ2v) is 6.00. The molecule has 0 aliphatic carbocycles. The van der Waals surface area contributed by atoms with Crippen LogP contribution in [0.2, 0.25) is 0 Å². The molecule has 2 aromatic rings. The fourth-order valence-electron chi connectivity index (χ4n) is 3.02. The molecule has 1 fully saturated rings. The van der Waals surface area contributed by atoms with Gasteiger partial charge in [-0.2, -0.15) is 0 Å². The first kappa shape index (κ1) is 14.1. The van der Waals surface area contributed by atoms with E-state index in [1.54, 1.807) is 0 Å². The van der Waals surface area contributed by atoms with Crippen molar-refractivity contribution in [3.05, 3.63) is 52.9 Å². The van der Waals surface area contributed by atoms with Gasteiger partial charge in [0.25, 0.3) is 0 Å². The van der Waals surface area contributed by atoms with Crippen molar-refractivity contribution >= 4 is 0 Å². The van der Waals surface area contributed by atoms with E-state index < -0.39 is 0 Å². The van der Waals surface area contributed by atoms with E-state index in [1.807, 2.05) is 32.2 Å². The minimum absolute atomic E-state index is 0.451. The van der Waals surface area contributed by atoms with Gasteiger partial charge in [0.2, 0.25) is 0 Å². The van der Waals surface area contributed by atoms with Crippen molar-refractivity contribution in [2.45, 2.75) is 39.7 Å². The van der Waals surface area contributed by atoms with Crippen LogP contribution < -0.4 is 0 Å². The van der Waals surface area contributed by atoms with E-state index in [0.29, 0.717) is 5.92 Å². The van der Waals surface area contributed by atoms with Gasteiger partial charge in [0, 0.05) is 36.6 Å². The lowest BCUT2D eigenvalue weighted by Crippen LogP contribution is -2.21. The van der Waals surface area contributed by atoms with Crippen molar-refractivity contribution in [1.82, 2.24) is 19.9 Å². The van der Waals surface area contributed by atoms with Gasteiger partial charge in [0.15, 0.2) is 0 Å². The van der Waals surface area contributed by atoms with Crippen LogP contribution in [0.4, 0.5) is 0 Å². The molecule has 21 heavy (non-hydrogen) atoms. The van der Waals surface area contributed by atoms with Crippen molar-refractivity contribution in [3.8, 4) is 0 Å². The molecule has 110 valence electrons. The monoisotopic (exact) mass is 282 g/mol. The Morgan fingerprint density at radius 1 is 1.19 bits per heavy atom. The van der Waals surface area contributed by atoms with Gasteiger partial charge in [-0.3, -0.25) is 9.88 Å². The van der Waals surface area contributed by atoms with E-state index in [2.05, 4.69) is 32.8 Å². The molecule has 1 saturated heterocycles. The van der Waals surface area contributed by atoms with Gasteiger partial charge >= 0.3 is 0 Å². The van der Waals surface area contributed by atoms with E-state index >= 15 is 0 Å². The Kier molecular flexibility index (Phi) is 3.97. The quantitative estimate of drug-likeness (QED) is 0.868. The standard InChI is InChI=1S/C17H22N4/c1-12-5-4-7-18-16(12)11-21-8-6-15(10-21)17-19-13(2)9-14(3)20-17/h4-5,7,9,15H,6,8,10-11H2,1-3H3/t15-/m1/s1. The Bertz CT molecular complexity index is 618. The molecule has 0 amide bonds. The molecule has 4 nitrogen and oxygen atoms in total. The van der Waals surface area contributed by atoms with Crippen LogP contribution in [-0.4, -0.2) is 32.9 Å². The molecule has 1 aliphatic rings. The summed E-state index contributed by atoms with van der Waals surface area (Å²) < 4.78 is 0. The summed E-state index contributed by atoms with van der Waals surface area (Å²) >= 11 is 0. The molecular weight excluding hydrogens is 260 g/mol. The number of likely N-dealkylation sites (tertiary alicyclic amines) is 1. The predicted octanol–water partition coefficient (Wildman–Crippen LogP) is 2.79. The molecule has 1 atom stereocenters. The zero-order chi connectivity index (χ0) is 14.8. The normalized spacial score (nSPS) is 19.1. The number of pyridine rings is 1. The van der Waals surface area contributed by atoms with Gasteiger partial charge in [0.05, 0.1) is 5.69 Å². The molecule has 4 heteroatoms. The van der Waals surface area contributed by atoms with E-state index in [1.165, 1.54) is 11.3 Å². The van der Waals surface area contributed by atoms with E-state index in [-0.39, 0.29) is 0 Å². The third-order valence-electron chi connectivity index (χ3n) is 4.13. The second-order valence-electron chi connectivity index (χ2n) is 6.00. The summed E-state index contributed by atoms with van der Waals surface area (Å²) in [4.78, 5) is 16.2. The molecule has 0 spiro atoms. The molecule has 0 bridgehead atoms. The third kappa shape index (κ3) is 3.27. The van der Waals surface area contributed by atoms with Crippen molar-refractivity contribution in [2.75, 3.05) is 13.1 Å². The molecule has 0 aromatic carbocycles. The highest BCUT2D eigenvalue weighted by atomic mass is 15.2. The van der Waals surface area contributed by atoms with Crippen LogP contribution in [0.15, 0.2) is 24.4 Å². The highest BCUT2D eigenvalue weighted by Crippen LogP contribution is 2.26. The SMILES string of the molecule is Cc1cc(C)nc([C@@H]2CCN(Cc3ncccc3C)C2)n1. The van der Waals surface area contributed by atoms with Crippen molar-refractivity contribution in [2.24, 2.45) is 0 Å². The Morgan fingerprint density at radius 2 is 1.95 bits per heavy atom. The van der Waals surface area contributed by atoms with Gasteiger partial charge in [-0.05, 0) is 51.4 Å². The van der Waals surface area contributed by atoms with Crippen molar-refractivity contribution in [3.63, 3.8) is 0 Å². The molecule has 0 saturated carbocycles. The van der Waals surface area contributed by atoms with Crippen LogP contribution in [0, 0.1) is 20.8 Å². The summed E-state index contributed by atoms with van der Waals surface area (Å²) in [5, 5.41) is 0. The van der Waals surface area contributed by atoms with E-state index in [9.17, 15) is 0 Å². The topological polar surface area (TPSA) is 41.9 Å².